The molecule has 0 bridgehead atoms. The van der Waals surface area contributed by atoms with Crippen LogP contribution in [0.25, 0.3) is 0 Å². The van der Waals surface area contributed by atoms with E-state index in [-0.39, 0.29) is 5.91 Å². The van der Waals surface area contributed by atoms with Gasteiger partial charge in [0.1, 0.15) is 0 Å². The molecule has 0 saturated carbocycles. The van der Waals surface area contributed by atoms with Crippen molar-refractivity contribution in [2.75, 3.05) is 0 Å². The average molecular weight is 118 g/mol. The molecule has 0 aromatic heterocycles. The number of para-hydroxylation sites is 1. The Bertz CT molecular complexity index is 267. The SMILES string of the molecule is O=C1[N]c2ccccc21. The molecule has 2 rings (SSSR count). The van der Waals surface area contributed by atoms with Crippen LogP contribution in [-0.2, 0) is 0 Å². The Balaban J connectivity index is 2.63. The zero-order valence-corrected chi connectivity index (χ0v) is 4.66. The van der Waals surface area contributed by atoms with Crippen molar-refractivity contribution in [3.63, 3.8) is 0 Å². The summed E-state index contributed by atoms with van der Waals surface area (Å²) in [7, 11) is 0. The van der Waals surface area contributed by atoms with Crippen molar-refractivity contribution in [3.05, 3.63) is 29.8 Å². The molecular formula is C7H4NO. The van der Waals surface area contributed by atoms with E-state index in [1.807, 2.05) is 18.2 Å². The molecule has 1 amide bonds. The van der Waals surface area contributed by atoms with Crippen molar-refractivity contribution in [3.8, 4) is 0 Å². The molecule has 1 aromatic rings. The Morgan fingerprint density at radius 3 is 2.56 bits per heavy atom. The summed E-state index contributed by atoms with van der Waals surface area (Å²) in [6.45, 7) is 0. The monoisotopic (exact) mass is 118 g/mol. The second-order valence-corrected chi connectivity index (χ2v) is 1.93. The minimum Gasteiger partial charge on any atom is -0.267 e. The highest BCUT2D eigenvalue weighted by Gasteiger charge is 2.22. The van der Waals surface area contributed by atoms with Gasteiger partial charge in [0.2, 0.25) is 0 Å². The molecule has 0 aliphatic carbocycles. The van der Waals surface area contributed by atoms with E-state index in [2.05, 4.69) is 5.32 Å². The second-order valence-electron chi connectivity index (χ2n) is 1.93. The standard InChI is InChI=1S/C7H4NO/c9-7-5-3-1-2-4-6(5)8-7/h1-4H. The smallest absolute Gasteiger partial charge is 0.267 e. The number of amides is 1. The van der Waals surface area contributed by atoms with Crippen LogP contribution in [0.2, 0.25) is 0 Å². The average Bonchev–Trinajstić information content (AvgIpc) is 1.86. The van der Waals surface area contributed by atoms with E-state index in [1.54, 1.807) is 6.07 Å². The number of nitrogens with zero attached hydrogens (tertiary/aromatic N) is 1. The Hall–Kier alpha value is -1.31. The minimum atomic E-state index is -0.0920. The Morgan fingerprint density at radius 2 is 2.00 bits per heavy atom. The third kappa shape index (κ3) is 0.470. The van der Waals surface area contributed by atoms with Crippen molar-refractivity contribution in [2.45, 2.75) is 0 Å². The highest BCUT2D eigenvalue weighted by Crippen LogP contribution is 2.24. The van der Waals surface area contributed by atoms with E-state index in [0.29, 0.717) is 0 Å². The number of fused-ring (bicyclic) bond motifs is 1. The highest BCUT2D eigenvalue weighted by atomic mass is 16.2. The lowest BCUT2D eigenvalue weighted by Gasteiger charge is -2.13. The third-order valence-corrected chi connectivity index (χ3v) is 1.36. The quantitative estimate of drug-likeness (QED) is 0.501. The third-order valence-electron chi connectivity index (χ3n) is 1.36. The summed E-state index contributed by atoms with van der Waals surface area (Å²) in [5.41, 5.74) is 1.57. The van der Waals surface area contributed by atoms with E-state index in [4.69, 9.17) is 0 Å². The van der Waals surface area contributed by atoms with Crippen molar-refractivity contribution in [1.82, 2.24) is 5.32 Å². The summed E-state index contributed by atoms with van der Waals surface area (Å²) in [6, 6.07) is 7.32. The first-order valence-corrected chi connectivity index (χ1v) is 2.73. The van der Waals surface area contributed by atoms with Crippen molar-refractivity contribution in [2.24, 2.45) is 0 Å². The van der Waals surface area contributed by atoms with Crippen LogP contribution in [0.3, 0.4) is 0 Å². The van der Waals surface area contributed by atoms with Gasteiger partial charge in [-0.3, -0.25) is 4.79 Å². The van der Waals surface area contributed by atoms with Crippen LogP contribution in [0.1, 0.15) is 10.4 Å². The highest BCUT2D eigenvalue weighted by molar-refractivity contribution is 6.09. The lowest BCUT2D eigenvalue weighted by Crippen LogP contribution is -2.22. The molecule has 0 fully saturated rings. The molecule has 2 heteroatoms. The van der Waals surface area contributed by atoms with Crippen LogP contribution in [0, 0.1) is 0 Å². The van der Waals surface area contributed by atoms with Gasteiger partial charge in [0.05, 0.1) is 11.3 Å². The van der Waals surface area contributed by atoms with Gasteiger partial charge < -0.3 is 0 Å². The summed E-state index contributed by atoms with van der Waals surface area (Å²) in [5.74, 6) is -0.0920. The molecule has 1 aliphatic heterocycles. The van der Waals surface area contributed by atoms with Crippen LogP contribution < -0.4 is 5.32 Å². The number of carbonyl (C=O) groups is 1. The lowest BCUT2D eigenvalue weighted by molar-refractivity contribution is 0.0944. The fraction of sp³-hybridized carbons (Fsp3) is 0. The molecule has 0 N–H and O–H groups in total. The molecule has 1 aromatic carbocycles. The first kappa shape index (κ1) is 4.56. The first-order valence-electron chi connectivity index (χ1n) is 2.73. The van der Waals surface area contributed by atoms with Crippen LogP contribution in [0.4, 0.5) is 5.69 Å². The van der Waals surface area contributed by atoms with Crippen LogP contribution >= 0.6 is 0 Å². The Morgan fingerprint density at radius 1 is 1.22 bits per heavy atom. The van der Waals surface area contributed by atoms with Gasteiger partial charge in [-0.1, -0.05) is 12.1 Å². The van der Waals surface area contributed by atoms with Crippen molar-refractivity contribution < 1.29 is 4.79 Å². The van der Waals surface area contributed by atoms with Crippen molar-refractivity contribution >= 4 is 11.6 Å². The van der Waals surface area contributed by atoms with Gasteiger partial charge in [0.25, 0.3) is 5.91 Å². The molecule has 0 saturated heterocycles. The molecule has 43 valence electrons. The summed E-state index contributed by atoms with van der Waals surface area (Å²) >= 11 is 0. The molecule has 0 spiro atoms. The van der Waals surface area contributed by atoms with Gasteiger partial charge in [-0.25, -0.2) is 5.32 Å². The van der Waals surface area contributed by atoms with Gasteiger partial charge in [-0.05, 0) is 12.1 Å². The molecular weight excluding hydrogens is 114 g/mol. The topological polar surface area (TPSA) is 31.2 Å². The molecule has 0 unspecified atom stereocenters. The number of benzene rings is 1. The molecule has 9 heavy (non-hydrogen) atoms. The zero-order chi connectivity index (χ0) is 6.27. The van der Waals surface area contributed by atoms with Gasteiger partial charge in [0.15, 0.2) is 0 Å². The maximum Gasteiger partial charge on any atom is 0.279 e. The minimum absolute atomic E-state index is 0.0920. The van der Waals surface area contributed by atoms with E-state index in [9.17, 15) is 4.79 Å². The number of rotatable bonds is 0. The Kier molecular flexibility index (Phi) is 0.681. The van der Waals surface area contributed by atoms with Gasteiger partial charge in [-0.2, -0.15) is 0 Å². The summed E-state index contributed by atoms with van der Waals surface area (Å²) < 4.78 is 0. The van der Waals surface area contributed by atoms with E-state index < -0.39 is 0 Å². The summed E-state index contributed by atoms with van der Waals surface area (Å²) in [5, 5.41) is 3.65. The second kappa shape index (κ2) is 1.35. The van der Waals surface area contributed by atoms with E-state index >= 15 is 0 Å². The number of carbonyl (C=O) groups excluding carboxylic acids is 1. The van der Waals surface area contributed by atoms with E-state index in [0.717, 1.165) is 11.3 Å². The lowest BCUT2D eigenvalue weighted by atomic mass is 10.1. The molecule has 2 nitrogen and oxygen atoms in total. The fourth-order valence-electron chi connectivity index (χ4n) is 0.869. The summed E-state index contributed by atoms with van der Waals surface area (Å²) in [4.78, 5) is 10.6. The first-order chi connectivity index (χ1) is 4.38. The van der Waals surface area contributed by atoms with Crippen LogP contribution in [-0.4, -0.2) is 5.91 Å². The van der Waals surface area contributed by atoms with Crippen molar-refractivity contribution in [1.29, 1.82) is 0 Å². The largest absolute Gasteiger partial charge is 0.279 e. The maximum atomic E-state index is 10.6. The molecule has 1 heterocycles. The van der Waals surface area contributed by atoms with Crippen LogP contribution in [0.5, 0.6) is 0 Å². The number of hydrogen-bond acceptors (Lipinski definition) is 1. The summed E-state index contributed by atoms with van der Waals surface area (Å²) in [6.07, 6.45) is 0. The molecule has 0 atom stereocenters. The fourth-order valence-corrected chi connectivity index (χ4v) is 0.869. The molecule has 1 radical (unpaired) electrons. The molecule has 1 aliphatic rings. The normalized spacial score (nSPS) is 13.6. The predicted octanol–water partition coefficient (Wildman–Crippen LogP) is 1.08. The van der Waals surface area contributed by atoms with Gasteiger partial charge in [0, 0.05) is 0 Å². The zero-order valence-electron chi connectivity index (χ0n) is 4.66. The van der Waals surface area contributed by atoms with Gasteiger partial charge >= 0.3 is 0 Å². The number of hydrogen-bond donors (Lipinski definition) is 0. The maximum absolute atomic E-state index is 10.6. The van der Waals surface area contributed by atoms with Crippen LogP contribution in [0.15, 0.2) is 24.3 Å². The Labute approximate surface area is 52.5 Å². The van der Waals surface area contributed by atoms with E-state index in [1.165, 1.54) is 0 Å². The predicted molar refractivity (Wildman–Crippen MR) is 32.6 cm³/mol. The van der Waals surface area contributed by atoms with Gasteiger partial charge in [-0.15, -0.1) is 0 Å².